The summed E-state index contributed by atoms with van der Waals surface area (Å²) in [6.45, 7) is 2.45. The minimum absolute atomic E-state index is 0.147. The summed E-state index contributed by atoms with van der Waals surface area (Å²) >= 11 is 0. The van der Waals surface area contributed by atoms with Crippen molar-refractivity contribution >= 4 is 11.9 Å². The van der Waals surface area contributed by atoms with E-state index >= 15 is 0 Å². The fraction of sp³-hybridized carbons (Fsp3) is 0.837. The van der Waals surface area contributed by atoms with E-state index in [2.05, 4.69) is 50.3 Å². The van der Waals surface area contributed by atoms with E-state index in [0.29, 0.717) is 12.8 Å². The molecule has 0 amide bonds. The second-order valence-electron chi connectivity index (χ2n) is 17.3. The van der Waals surface area contributed by atoms with Crippen LogP contribution in [0.2, 0.25) is 0 Å². The highest BCUT2D eigenvalue weighted by atomic mass is 16.7. The third-order valence-corrected chi connectivity index (χ3v) is 11.6. The Balaban J connectivity index is 1.84. The van der Waals surface area contributed by atoms with E-state index < -0.39 is 92.7 Å². The van der Waals surface area contributed by atoms with Gasteiger partial charge in [-0.15, -0.1) is 0 Å². The molecule has 0 saturated carbocycles. The van der Waals surface area contributed by atoms with Gasteiger partial charge in [-0.1, -0.05) is 147 Å². The molecule has 2 rings (SSSR count). The Bertz CT molecular complexity index is 1260. The highest BCUT2D eigenvalue weighted by Gasteiger charge is 2.47. The summed E-state index contributed by atoms with van der Waals surface area (Å²) in [6, 6.07) is 0. The summed E-state index contributed by atoms with van der Waals surface area (Å²) in [4.78, 5) is 25.7. The van der Waals surface area contributed by atoms with Crippen LogP contribution in [0.4, 0.5) is 0 Å². The lowest BCUT2D eigenvalue weighted by atomic mass is 9.98. The third kappa shape index (κ3) is 25.0. The van der Waals surface area contributed by atoms with Crippen LogP contribution in [0.3, 0.4) is 0 Å². The van der Waals surface area contributed by atoms with Gasteiger partial charge in [0.15, 0.2) is 18.7 Å². The number of hydrogen-bond donors (Lipinski definition) is 7. The average molecular weight is 915 g/mol. The van der Waals surface area contributed by atoms with Crippen molar-refractivity contribution in [3.63, 3.8) is 0 Å². The largest absolute Gasteiger partial charge is 0.462 e. The van der Waals surface area contributed by atoms with E-state index in [1.54, 1.807) is 0 Å². The van der Waals surface area contributed by atoms with Crippen LogP contribution in [0.15, 0.2) is 36.5 Å². The summed E-state index contributed by atoms with van der Waals surface area (Å²) in [7, 11) is 0. The standard InChI is InChI=1S/C49H86O15/c1-3-5-7-9-11-13-15-17-18-20-22-24-26-28-30-32-41(52)62-37(34-59-40(51)31-29-27-25-23-21-19-16-14-12-10-8-6-4-2)35-60-48-47(58)45(56)43(54)39(64-48)36-61-49-46(57)44(55)42(53)38(33-50)63-49/h5,7,11,13,17-18,37-39,42-50,53-58H,3-4,6,8-10,12,14-16,19-36H2,1-2H3/b7-5-,13-11-,18-17-. The van der Waals surface area contributed by atoms with Crippen molar-refractivity contribution in [1.29, 1.82) is 0 Å². The Morgan fingerprint density at radius 1 is 0.516 bits per heavy atom. The van der Waals surface area contributed by atoms with Crippen LogP contribution >= 0.6 is 0 Å². The summed E-state index contributed by atoms with van der Waals surface area (Å²) in [5, 5.41) is 72.0. The lowest BCUT2D eigenvalue weighted by molar-refractivity contribution is -0.332. The molecule has 372 valence electrons. The second-order valence-corrected chi connectivity index (χ2v) is 17.3. The minimum Gasteiger partial charge on any atom is -0.462 e. The number of unbranched alkanes of at least 4 members (excludes halogenated alkanes) is 17. The first-order valence-electron chi connectivity index (χ1n) is 24.6. The quantitative estimate of drug-likeness (QED) is 0.0211. The average Bonchev–Trinajstić information content (AvgIpc) is 3.29. The molecular weight excluding hydrogens is 829 g/mol. The van der Waals surface area contributed by atoms with Crippen LogP contribution in [0, 0.1) is 0 Å². The molecule has 11 unspecified atom stereocenters. The molecule has 2 fully saturated rings. The third-order valence-electron chi connectivity index (χ3n) is 11.6. The zero-order valence-corrected chi connectivity index (χ0v) is 39.0. The summed E-state index contributed by atoms with van der Waals surface area (Å²) < 4.78 is 33.5. The number of esters is 2. The van der Waals surface area contributed by atoms with Crippen LogP contribution in [0.25, 0.3) is 0 Å². The van der Waals surface area contributed by atoms with Gasteiger partial charge < -0.3 is 64.2 Å². The van der Waals surface area contributed by atoms with E-state index in [1.165, 1.54) is 57.8 Å². The number of hydrogen-bond acceptors (Lipinski definition) is 15. The molecule has 64 heavy (non-hydrogen) atoms. The molecule has 0 spiro atoms. The second kappa shape index (κ2) is 36.8. The number of rotatable bonds is 37. The van der Waals surface area contributed by atoms with Gasteiger partial charge in [0.1, 0.15) is 55.4 Å². The number of aliphatic hydroxyl groups excluding tert-OH is 7. The summed E-state index contributed by atoms with van der Waals surface area (Å²) in [5.41, 5.74) is 0. The van der Waals surface area contributed by atoms with E-state index in [1.807, 2.05) is 0 Å². The molecule has 2 saturated heterocycles. The zero-order chi connectivity index (χ0) is 46.8. The van der Waals surface area contributed by atoms with E-state index in [9.17, 15) is 45.3 Å². The lowest BCUT2D eigenvalue weighted by Crippen LogP contribution is -2.61. The predicted molar refractivity (Wildman–Crippen MR) is 243 cm³/mol. The van der Waals surface area contributed by atoms with Crippen LogP contribution in [-0.4, -0.2) is 142 Å². The van der Waals surface area contributed by atoms with Crippen molar-refractivity contribution in [1.82, 2.24) is 0 Å². The van der Waals surface area contributed by atoms with Crippen LogP contribution in [-0.2, 0) is 38.0 Å². The first-order valence-corrected chi connectivity index (χ1v) is 24.6. The van der Waals surface area contributed by atoms with Crippen molar-refractivity contribution in [2.24, 2.45) is 0 Å². The van der Waals surface area contributed by atoms with E-state index in [4.69, 9.17) is 28.4 Å². The maximum atomic E-state index is 13.0. The van der Waals surface area contributed by atoms with Gasteiger partial charge in [0, 0.05) is 12.8 Å². The molecule has 2 aliphatic heterocycles. The van der Waals surface area contributed by atoms with Crippen LogP contribution in [0.1, 0.15) is 168 Å². The van der Waals surface area contributed by atoms with E-state index in [-0.39, 0.29) is 26.1 Å². The monoisotopic (exact) mass is 915 g/mol. The maximum absolute atomic E-state index is 13.0. The number of carbonyl (C=O) groups excluding carboxylic acids is 2. The zero-order valence-electron chi connectivity index (χ0n) is 39.0. The van der Waals surface area contributed by atoms with Gasteiger partial charge >= 0.3 is 11.9 Å². The van der Waals surface area contributed by atoms with Gasteiger partial charge in [-0.2, -0.15) is 0 Å². The molecular formula is C49H86O15. The maximum Gasteiger partial charge on any atom is 0.306 e. The van der Waals surface area contributed by atoms with Crippen molar-refractivity contribution in [2.45, 2.75) is 235 Å². The molecule has 0 aromatic carbocycles. The number of carbonyl (C=O) groups is 2. The normalized spacial score (nSPS) is 26.9. The molecule has 0 radical (unpaired) electrons. The molecule has 15 nitrogen and oxygen atoms in total. The molecule has 15 heteroatoms. The van der Waals surface area contributed by atoms with Gasteiger partial charge in [0.25, 0.3) is 0 Å². The molecule has 7 N–H and O–H groups in total. The highest BCUT2D eigenvalue weighted by Crippen LogP contribution is 2.26. The minimum atomic E-state index is -1.77. The van der Waals surface area contributed by atoms with Crippen LogP contribution < -0.4 is 0 Å². The van der Waals surface area contributed by atoms with Gasteiger partial charge in [-0.3, -0.25) is 9.59 Å². The molecule has 0 aliphatic carbocycles. The van der Waals surface area contributed by atoms with Crippen molar-refractivity contribution in [3.05, 3.63) is 36.5 Å². The molecule has 0 bridgehead atoms. The van der Waals surface area contributed by atoms with Crippen LogP contribution in [0.5, 0.6) is 0 Å². The molecule has 0 aromatic heterocycles. The smallest absolute Gasteiger partial charge is 0.306 e. The SMILES string of the molecule is CC/C=C\C/C=C\C/C=C\CCCCCCCC(=O)OC(COC(=O)CCCCCCCCCCCCCCC)COC1OC(COC2OC(CO)C(O)C(O)C2O)C(O)C(O)C1O. The van der Waals surface area contributed by atoms with Gasteiger partial charge in [0.05, 0.1) is 19.8 Å². The molecule has 2 heterocycles. The Hall–Kier alpha value is -2.28. The predicted octanol–water partition coefficient (Wildman–Crippen LogP) is 6.15. The lowest BCUT2D eigenvalue weighted by Gasteiger charge is -2.42. The fourth-order valence-corrected chi connectivity index (χ4v) is 7.58. The number of ether oxygens (including phenoxy) is 6. The number of allylic oxidation sites excluding steroid dienone is 6. The van der Waals surface area contributed by atoms with Gasteiger partial charge in [0.2, 0.25) is 0 Å². The van der Waals surface area contributed by atoms with Gasteiger partial charge in [-0.05, 0) is 44.9 Å². The summed E-state index contributed by atoms with van der Waals surface area (Å²) in [6.07, 6.45) is 20.3. The number of aliphatic hydroxyl groups is 7. The molecule has 11 atom stereocenters. The Morgan fingerprint density at radius 2 is 0.984 bits per heavy atom. The van der Waals surface area contributed by atoms with E-state index in [0.717, 1.165) is 70.6 Å². The van der Waals surface area contributed by atoms with Crippen molar-refractivity contribution in [2.75, 3.05) is 26.4 Å². The molecule has 0 aromatic rings. The van der Waals surface area contributed by atoms with Crippen molar-refractivity contribution < 1.29 is 73.8 Å². The van der Waals surface area contributed by atoms with Gasteiger partial charge in [-0.25, -0.2) is 0 Å². The fourth-order valence-electron chi connectivity index (χ4n) is 7.58. The highest BCUT2D eigenvalue weighted by molar-refractivity contribution is 5.70. The first-order chi connectivity index (χ1) is 31.0. The Labute approximate surface area is 383 Å². The summed E-state index contributed by atoms with van der Waals surface area (Å²) in [5.74, 6) is -0.943. The Morgan fingerprint density at radius 3 is 1.55 bits per heavy atom. The molecule has 2 aliphatic rings. The Kier molecular flexibility index (Phi) is 33.3. The van der Waals surface area contributed by atoms with Crippen molar-refractivity contribution in [3.8, 4) is 0 Å². The topological polar surface area (TPSA) is 231 Å². The first kappa shape index (κ1) is 57.8.